The largest absolute Gasteiger partial charge is 0.462 e. The fourth-order valence-electron chi connectivity index (χ4n) is 9.67. The molecule has 0 aliphatic rings. The first-order valence-electron chi connectivity index (χ1n) is 34.2. The van der Waals surface area contributed by atoms with Gasteiger partial charge >= 0.3 is 17.9 Å². The van der Waals surface area contributed by atoms with Crippen LogP contribution in [-0.4, -0.2) is 37.2 Å². The maximum absolute atomic E-state index is 12.9. The molecule has 0 aromatic heterocycles. The number of esters is 3. The van der Waals surface area contributed by atoms with Gasteiger partial charge in [-0.15, -0.1) is 0 Å². The van der Waals surface area contributed by atoms with Gasteiger partial charge in [0.1, 0.15) is 13.2 Å². The highest BCUT2D eigenvalue weighted by Gasteiger charge is 2.19. The summed E-state index contributed by atoms with van der Waals surface area (Å²) >= 11 is 0. The van der Waals surface area contributed by atoms with Gasteiger partial charge in [-0.2, -0.15) is 0 Å². The Kier molecular flexibility index (Phi) is 64.7. The Morgan fingerprint density at radius 3 is 0.787 bits per heavy atom. The van der Waals surface area contributed by atoms with E-state index in [1.807, 2.05) is 0 Å². The molecule has 0 aliphatic carbocycles. The maximum atomic E-state index is 12.9. The molecule has 0 aromatic carbocycles. The lowest BCUT2D eigenvalue weighted by molar-refractivity contribution is -0.167. The molecule has 0 fully saturated rings. The van der Waals surface area contributed by atoms with Gasteiger partial charge in [-0.1, -0.05) is 291 Å². The molecule has 0 radical (unpaired) electrons. The molecular weight excluding hydrogens is 985 g/mol. The molecule has 0 aliphatic heterocycles. The van der Waals surface area contributed by atoms with E-state index in [1.165, 1.54) is 173 Å². The van der Waals surface area contributed by atoms with Crippen molar-refractivity contribution in [3.8, 4) is 0 Å². The van der Waals surface area contributed by atoms with Crippen molar-refractivity contribution in [3.63, 3.8) is 0 Å². The molecule has 0 spiro atoms. The molecule has 0 N–H and O–H groups in total. The fourth-order valence-corrected chi connectivity index (χ4v) is 9.67. The molecule has 0 aromatic rings. The predicted octanol–water partition coefficient (Wildman–Crippen LogP) is 23.6. The van der Waals surface area contributed by atoms with E-state index in [2.05, 4.69) is 118 Å². The summed E-state index contributed by atoms with van der Waals surface area (Å²) in [5, 5.41) is 0. The van der Waals surface area contributed by atoms with Crippen LogP contribution in [0.5, 0.6) is 0 Å². The molecule has 1 unspecified atom stereocenters. The summed E-state index contributed by atoms with van der Waals surface area (Å²) in [6.07, 6.45) is 91.3. The Hall–Kier alpha value is -3.67. The second-order valence-corrected chi connectivity index (χ2v) is 22.7. The minimum Gasteiger partial charge on any atom is -0.462 e. The lowest BCUT2D eigenvalue weighted by Gasteiger charge is -2.18. The van der Waals surface area contributed by atoms with E-state index in [9.17, 15) is 14.4 Å². The molecule has 1 atom stereocenters. The van der Waals surface area contributed by atoms with Crippen molar-refractivity contribution in [1.29, 1.82) is 0 Å². The average molecular weight is 1110 g/mol. The molecule has 0 rings (SSSR count). The van der Waals surface area contributed by atoms with Gasteiger partial charge in [-0.05, 0) is 122 Å². The Labute approximate surface area is 496 Å². The van der Waals surface area contributed by atoms with Crippen LogP contribution < -0.4 is 0 Å². The number of unbranched alkanes of at least 4 members (excludes halogenated alkanes) is 35. The summed E-state index contributed by atoms with van der Waals surface area (Å²) in [4.78, 5) is 38.4. The number of ether oxygens (including phenoxy) is 3. The summed E-state index contributed by atoms with van der Waals surface area (Å²) in [5.41, 5.74) is 0. The van der Waals surface area contributed by atoms with Gasteiger partial charge in [0.2, 0.25) is 0 Å². The minimum absolute atomic E-state index is 0.0876. The molecule has 6 nitrogen and oxygen atoms in total. The molecule has 0 bridgehead atoms. The van der Waals surface area contributed by atoms with Gasteiger partial charge in [0.15, 0.2) is 6.10 Å². The van der Waals surface area contributed by atoms with Crippen molar-refractivity contribution in [2.45, 2.75) is 341 Å². The van der Waals surface area contributed by atoms with Crippen LogP contribution in [0.3, 0.4) is 0 Å². The molecule has 80 heavy (non-hydrogen) atoms. The van der Waals surface area contributed by atoms with Crippen LogP contribution in [0.4, 0.5) is 0 Å². The zero-order chi connectivity index (χ0) is 57.8. The third-order valence-corrected chi connectivity index (χ3v) is 14.8. The van der Waals surface area contributed by atoms with E-state index in [0.717, 1.165) is 122 Å². The van der Waals surface area contributed by atoms with Gasteiger partial charge in [0, 0.05) is 19.3 Å². The van der Waals surface area contributed by atoms with Gasteiger partial charge in [0.25, 0.3) is 0 Å². The molecule has 460 valence electrons. The second kappa shape index (κ2) is 67.8. The molecule has 0 saturated carbocycles. The fraction of sp³-hybridized carbons (Fsp3) is 0.743. The number of hydrogen-bond acceptors (Lipinski definition) is 6. The van der Waals surface area contributed by atoms with Crippen LogP contribution in [0.1, 0.15) is 335 Å². The third kappa shape index (κ3) is 65.1. The Morgan fingerprint density at radius 2 is 0.487 bits per heavy atom. The van der Waals surface area contributed by atoms with Crippen LogP contribution >= 0.6 is 0 Å². The molecule has 6 heteroatoms. The molecule has 0 amide bonds. The zero-order valence-corrected chi connectivity index (χ0v) is 52.8. The Morgan fingerprint density at radius 1 is 0.263 bits per heavy atom. The highest BCUT2D eigenvalue weighted by molar-refractivity contribution is 5.71. The first-order valence-corrected chi connectivity index (χ1v) is 34.2. The normalized spacial score (nSPS) is 12.7. The van der Waals surface area contributed by atoms with E-state index < -0.39 is 6.10 Å². The van der Waals surface area contributed by atoms with Gasteiger partial charge in [-0.3, -0.25) is 14.4 Å². The van der Waals surface area contributed by atoms with Crippen LogP contribution in [0.25, 0.3) is 0 Å². The minimum atomic E-state index is -0.795. The van der Waals surface area contributed by atoms with Crippen molar-refractivity contribution in [3.05, 3.63) is 97.2 Å². The van der Waals surface area contributed by atoms with Crippen molar-refractivity contribution < 1.29 is 28.6 Å². The molecule has 0 saturated heterocycles. The van der Waals surface area contributed by atoms with Crippen molar-refractivity contribution >= 4 is 17.9 Å². The molecule has 0 heterocycles. The van der Waals surface area contributed by atoms with Crippen molar-refractivity contribution in [2.24, 2.45) is 0 Å². The summed E-state index contributed by atoms with van der Waals surface area (Å²) in [7, 11) is 0. The van der Waals surface area contributed by atoms with Gasteiger partial charge in [0.05, 0.1) is 0 Å². The van der Waals surface area contributed by atoms with E-state index in [-0.39, 0.29) is 31.1 Å². The van der Waals surface area contributed by atoms with Crippen LogP contribution in [0, 0.1) is 0 Å². The van der Waals surface area contributed by atoms with Crippen LogP contribution in [0.2, 0.25) is 0 Å². The van der Waals surface area contributed by atoms with E-state index in [0.29, 0.717) is 19.3 Å². The van der Waals surface area contributed by atoms with Crippen molar-refractivity contribution in [1.82, 2.24) is 0 Å². The smallest absolute Gasteiger partial charge is 0.306 e. The first kappa shape index (κ1) is 76.3. The number of hydrogen-bond donors (Lipinski definition) is 0. The van der Waals surface area contributed by atoms with Gasteiger partial charge in [-0.25, -0.2) is 0 Å². The summed E-state index contributed by atoms with van der Waals surface area (Å²) in [5.74, 6) is -0.902. The first-order chi connectivity index (χ1) is 39.5. The summed E-state index contributed by atoms with van der Waals surface area (Å²) in [6.45, 7) is 6.53. The topological polar surface area (TPSA) is 78.9 Å². The molecular formula is C74H128O6. The SMILES string of the molecule is CC/C=C\C/C=C\C/C=C\C/C=C\C/C=C\CCCCCCCC(=O)OC(COC(=O)CCCCCCCCC/C=C\C/C=C\CCCCCC)COC(=O)CCCCCCCCCCCCC/C=C\CCCCCCCCCC. The number of carbonyl (C=O) groups is 3. The Bertz CT molecular complexity index is 1560. The highest BCUT2D eigenvalue weighted by atomic mass is 16.6. The van der Waals surface area contributed by atoms with Crippen LogP contribution in [-0.2, 0) is 28.6 Å². The highest BCUT2D eigenvalue weighted by Crippen LogP contribution is 2.16. The lowest BCUT2D eigenvalue weighted by Crippen LogP contribution is -2.30. The standard InChI is InChI=1S/C74H128O6/c1-4-7-10-13-16-19-22-25-28-31-34-36-37-39-40-43-46-49-52-55-58-61-64-67-73(76)79-70-71(69-78-72(75)66-63-60-57-54-51-48-45-42-33-30-27-24-21-18-15-12-9-6-3)80-74(77)68-65-62-59-56-53-50-47-44-41-38-35-32-29-26-23-20-17-14-11-8-5-2/h8,11,17,20-21,24,26,29-31,33-35,38,44,47,71H,4-7,9-10,12-16,18-19,22-23,25,27-28,32,36-37,39-43,45-46,48-70H2,1-3H3/b11-8-,20-17-,24-21-,29-26-,33-30-,34-31-,38-35-,47-44-. The maximum Gasteiger partial charge on any atom is 0.306 e. The van der Waals surface area contributed by atoms with E-state index in [4.69, 9.17) is 14.2 Å². The summed E-state index contributed by atoms with van der Waals surface area (Å²) < 4.78 is 17.0. The lowest BCUT2D eigenvalue weighted by atomic mass is 10.0. The predicted molar refractivity (Wildman–Crippen MR) is 348 cm³/mol. The van der Waals surface area contributed by atoms with Gasteiger partial charge < -0.3 is 14.2 Å². The van der Waals surface area contributed by atoms with E-state index in [1.54, 1.807) is 0 Å². The monoisotopic (exact) mass is 1110 g/mol. The van der Waals surface area contributed by atoms with Crippen molar-refractivity contribution in [2.75, 3.05) is 13.2 Å². The second-order valence-electron chi connectivity index (χ2n) is 22.7. The van der Waals surface area contributed by atoms with E-state index >= 15 is 0 Å². The van der Waals surface area contributed by atoms with Crippen LogP contribution in [0.15, 0.2) is 97.2 Å². The Balaban J connectivity index is 4.41. The zero-order valence-electron chi connectivity index (χ0n) is 52.8. The number of allylic oxidation sites excluding steroid dienone is 16. The third-order valence-electron chi connectivity index (χ3n) is 14.8. The quantitative estimate of drug-likeness (QED) is 0.0261. The average Bonchev–Trinajstić information content (AvgIpc) is 3.46. The summed E-state index contributed by atoms with van der Waals surface area (Å²) in [6, 6.07) is 0. The number of carbonyl (C=O) groups excluding carboxylic acids is 3. The number of rotatable bonds is 62.